The highest BCUT2D eigenvalue weighted by Gasteiger charge is 2.18. The van der Waals surface area contributed by atoms with Gasteiger partial charge in [-0.25, -0.2) is 2.90 Å². The summed E-state index contributed by atoms with van der Waals surface area (Å²) in [6.45, 7) is 3.96. The average Bonchev–Trinajstić information content (AvgIpc) is 2.40. The minimum Gasteiger partial charge on any atom is -0.204 e. The van der Waals surface area contributed by atoms with Crippen molar-refractivity contribution in [1.82, 2.24) is 7.99 Å². The first kappa shape index (κ1) is 6.39. The van der Waals surface area contributed by atoms with E-state index in [0.717, 1.165) is 12.8 Å². The van der Waals surface area contributed by atoms with Crippen LogP contribution in [0.2, 0.25) is 0 Å². The SMILES string of the molecule is C=C1CCc2cnn(I)c21. The summed E-state index contributed by atoms with van der Waals surface area (Å²) in [5.41, 5.74) is 3.81. The molecule has 0 saturated carbocycles. The highest BCUT2D eigenvalue weighted by Crippen LogP contribution is 2.31. The molecule has 0 amide bonds. The van der Waals surface area contributed by atoms with Crippen LogP contribution in [0.4, 0.5) is 0 Å². The van der Waals surface area contributed by atoms with Crippen LogP contribution in [0.3, 0.4) is 0 Å². The van der Waals surface area contributed by atoms with E-state index in [4.69, 9.17) is 0 Å². The second kappa shape index (κ2) is 2.08. The first-order chi connectivity index (χ1) is 4.79. The van der Waals surface area contributed by atoms with Gasteiger partial charge in [0.15, 0.2) is 0 Å². The van der Waals surface area contributed by atoms with Crippen LogP contribution in [-0.2, 0) is 6.42 Å². The summed E-state index contributed by atoms with van der Waals surface area (Å²) in [5.74, 6) is 0. The van der Waals surface area contributed by atoms with Gasteiger partial charge in [-0.05, 0) is 24.0 Å². The molecule has 10 heavy (non-hydrogen) atoms. The summed E-state index contributed by atoms with van der Waals surface area (Å²) in [4.78, 5) is 0. The van der Waals surface area contributed by atoms with Gasteiger partial charge in [-0.3, -0.25) is 0 Å². The Labute approximate surface area is 73.4 Å². The molecule has 1 aliphatic carbocycles. The van der Waals surface area contributed by atoms with Crippen LogP contribution in [-0.4, -0.2) is 7.99 Å². The van der Waals surface area contributed by atoms with E-state index in [0.29, 0.717) is 0 Å². The lowest BCUT2D eigenvalue weighted by molar-refractivity contribution is 1.02. The Hall–Kier alpha value is -0.320. The quantitative estimate of drug-likeness (QED) is 0.640. The van der Waals surface area contributed by atoms with Gasteiger partial charge in [0, 0.05) is 0 Å². The molecular weight excluding hydrogens is 239 g/mol. The van der Waals surface area contributed by atoms with Crippen LogP contribution < -0.4 is 0 Å². The number of hydrogen-bond donors (Lipinski definition) is 0. The van der Waals surface area contributed by atoms with E-state index < -0.39 is 0 Å². The molecule has 3 heteroatoms. The molecule has 0 fully saturated rings. The van der Waals surface area contributed by atoms with Gasteiger partial charge < -0.3 is 0 Å². The Morgan fingerprint density at radius 1 is 1.60 bits per heavy atom. The van der Waals surface area contributed by atoms with E-state index in [1.165, 1.54) is 16.8 Å². The molecule has 0 atom stereocenters. The number of rotatable bonds is 0. The van der Waals surface area contributed by atoms with Crippen LogP contribution in [0.25, 0.3) is 5.57 Å². The van der Waals surface area contributed by atoms with Crippen molar-refractivity contribution in [3.8, 4) is 0 Å². The van der Waals surface area contributed by atoms with Gasteiger partial charge in [0.2, 0.25) is 0 Å². The maximum Gasteiger partial charge on any atom is 0.0851 e. The Morgan fingerprint density at radius 3 is 3.10 bits per heavy atom. The van der Waals surface area contributed by atoms with Crippen molar-refractivity contribution in [2.45, 2.75) is 12.8 Å². The lowest BCUT2D eigenvalue weighted by Gasteiger charge is -1.94. The predicted octanol–water partition coefficient (Wildman–Crippen LogP) is 2.04. The molecular formula is C7H7IN2. The number of fused-ring (bicyclic) bond motifs is 1. The number of hydrogen-bond acceptors (Lipinski definition) is 1. The number of halogens is 1. The lowest BCUT2D eigenvalue weighted by atomic mass is 10.2. The number of aryl methyl sites for hydroxylation is 1. The van der Waals surface area contributed by atoms with Gasteiger partial charge in [-0.1, -0.05) is 6.58 Å². The van der Waals surface area contributed by atoms with Gasteiger partial charge in [-0.2, -0.15) is 5.10 Å². The summed E-state index contributed by atoms with van der Waals surface area (Å²) in [7, 11) is 0. The second-order valence-corrected chi connectivity index (χ2v) is 3.40. The number of nitrogens with zero attached hydrogens (tertiary/aromatic N) is 2. The summed E-state index contributed by atoms with van der Waals surface area (Å²) < 4.78 is 1.88. The van der Waals surface area contributed by atoms with Gasteiger partial charge in [0.05, 0.1) is 34.8 Å². The van der Waals surface area contributed by atoms with Crippen molar-refractivity contribution in [3.63, 3.8) is 0 Å². The topological polar surface area (TPSA) is 17.8 Å². The van der Waals surface area contributed by atoms with Crippen LogP contribution in [0.5, 0.6) is 0 Å². The molecule has 52 valence electrons. The largest absolute Gasteiger partial charge is 0.204 e. The third-order valence-electron chi connectivity index (χ3n) is 1.83. The molecule has 0 N–H and O–H groups in total. The van der Waals surface area contributed by atoms with Crippen molar-refractivity contribution in [2.75, 3.05) is 0 Å². The van der Waals surface area contributed by atoms with Crippen LogP contribution >= 0.6 is 22.9 Å². The lowest BCUT2D eigenvalue weighted by Crippen LogP contribution is -1.86. The third kappa shape index (κ3) is 0.729. The standard InChI is InChI=1S/C7H7IN2/c1-5-2-3-6-4-9-10(8)7(5)6/h4H,1-3H2. The molecule has 2 nitrogen and oxygen atoms in total. The maximum absolute atomic E-state index is 4.13. The van der Waals surface area contributed by atoms with Crippen molar-refractivity contribution in [2.24, 2.45) is 0 Å². The maximum atomic E-state index is 4.13. The van der Waals surface area contributed by atoms with Gasteiger partial charge in [0.1, 0.15) is 0 Å². The van der Waals surface area contributed by atoms with E-state index in [9.17, 15) is 0 Å². The van der Waals surface area contributed by atoms with Crippen molar-refractivity contribution in [1.29, 1.82) is 0 Å². The fourth-order valence-corrected chi connectivity index (χ4v) is 2.08. The summed E-state index contributed by atoms with van der Waals surface area (Å²) in [6.07, 6.45) is 4.16. The Balaban J connectivity index is 2.65. The minimum atomic E-state index is 1.11. The van der Waals surface area contributed by atoms with Crippen molar-refractivity contribution in [3.05, 3.63) is 24.0 Å². The second-order valence-electron chi connectivity index (χ2n) is 2.48. The predicted molar refractivity (Wildman–Crippen MR) is 49.0 cm³/mol. The number of aromatic nitrogens is 2. The molecule has 1 heterocycles. The van der Waals surface area contributed by atoms with Crippen molar-refractivity contribution < 1.29 is 0 Å². The van der Waals surface area contributed by atoms with E-state index in [-0.39, 0.29) is 0 Å². The zero-order valence-corrected chi connectivity index (χ0v) is 7.63. The molecule has 2 rings (SSSR count). The first-order valence-corrected chi connectivity index (χ1v) is 4.17. The molecule has 0 spiro atoms. The van der Waals surface area contributed by atoms with E-state index in [1.807, 2.05) is 9.09 Å². The van der Waals surface area contributed by atoms with Crippen LogP contribution in [0.15, 0.2) is 12.8 Å². The number of allylic oxidation sites excluding steroid dienone is 1. The highest BCUT2D eigenvalue weighted by molar-refractivity contribution is 14.1. The fraction of sp³-hybridized carbons (Fsp3) is 0.286. The van der Waals surface area contributed by atoms with Gasteiger partial charge in [0.25, 0.3) is 0 Å². The highest BCUT2D eigenvalue weighted by atomic mass is 127. The Kier molecular flexibility index (Phi) is 1.33. The molecule has 0 unspecified atom stereocenters. The van der Waals surface area contributed by atoms with Crippen LogP contribution in [0, 0.1) is 0 Å². The third-order valence-corrected chi connectivity index (χ3v) is 2.57. The summed E-state index contributed by atoms with van der Waals surface area (Å²) >= 11 is 2.18. The molecule has 0 bridgehead atoms. The molecule has 1 aliphatic rings. The minimum absolute atomic E-state index is 1.11. The molecule has 1 aromatic rings. The molecule has 1 aromatic heterocycles. The van der Waals surface area contributed by atoms with Gasteiger partial charge in [-0.15, -0.1) is 0 Å². The molecule has 0 radical (unpaired) electrons. The van der Waals surface area contributed by atoms with E-state index >= 15 is 0 Å². The van der Waals surface area contributed by atoms with Crippen LogP contribution in [0.1, 0.15) is 17.7 Å². The van der Waals surface area contributed by atoms with Gasteiger partial charge >= 0.3 is 0 Å². The fourth-order valence-electron chi connectivity index (χ4n) is 1.30. The summed E-state index contributed by atoms with van der Waals surface area (Å²) in [5, 5.41) is 4.13. The van der Waals surface area contributed by atoms with E-state index in [2.05, 4.69) is 34.5 Å². The monoisotopic (exact) mass is 246 g/mol. The average molecular weight is 246 g/mol. The smallest absolute Gasteiger partial charge is 0.0851 e. The normalized spacial score (nSPS) is 15.9. The van der Waals surface area contributed by atoms with Crippen molar-refractivity contribution >= 4 is 28.4 Å². The van der Waals surface area contributed by atoms with E-state index in [1.54, 1.807) is 0 Å². The Bertz CT molecular complexity index is 288. The summed E-state index contributed by atoms with van der Waals surface area (Å²) in [6, 6.07) is 0. The molecule has 0 aliphatic heterocycles. The Morgan fingerprint density at radius 2 is 2.40 bits per heavy atom. The molecule has 0 aromatic carbocycles. The zero-order chi connectivity index (χ0) is 7.14. The molecule has 0 saturated heterocycles. The zero-order valence-electron chi connectivity index (χ0n) is 5.47. The first-order valence-electron chi connectivity index (χ1n) is 3.20.